The number of carbonyl (C=O) groups is 2. The zero-order valence-corrected chi connectivity index (χ0v) is 24.6. The molecule has 0 aromatic rings. The largest absolute Gasteiger partial charge is 0.478 e. The molecule has 0 amide bonds. The third kappa shape index (κ3) is 10.9. The Labute approximate surface area is 192 Å². The molecule has 2 N–H and O–H groups in total. The van der Waals surface area contributed by atoms with Crippen LogP contribution in [-0.2, 0) is 21.9 Å². The highest BCUT2D eigenvalue weighted by atomic mass is 28.5. The van der Waals surface area contributed by atoms with Crippen LogP contribution in [0, 0.1) is 0 Å². The van der Waals surface area contributed by atoms with Crippen molar-refractivity contribution in [3.8, 4) is 0 Å². The smallest absolute Gasteiger partial charge is 0.477 e. The van der Waals surface area contributed by atoms with Crippen molar-refractivity contribution in [1.82, 2.24) is 0 Å². The minimum Gasteiger partial charge on any atom is -0.478 e. The minimum absolute atomic E-state index is 0.0120. The predicted octanol–water partition coefficient (Wildman–Crippen LogP) is 5.68. The lowest BCUT2D eigenvalue weighted by atomic mass is 10.00. The molecule has 0 saturated heterocycles. The second-order valence-electron chi connectivity index (χ2n) is 10.5. The van der Waals surface area contributed by atoms with Crippen LogP contribution in [0.4, 0.5) is 13.2 Å². The maximum Gasteiger partial charge on any atom is 0.477 e. The third-order valence-electron chi connectivity index (χ3n) is 3.72. The highest BCUT2D eigenvalue weighted by Gasteiger charge is 2.58. The van der Waals surface area contributed by atoms with Gasteiger partial charge in [-0.25, -0.2) is 9.59 Å². The Balaban J connectivity index is 7.39. The molecule has 0 fully saturated rings. The van der Waals surface area contributed by atoms with Crippen molar-refractivity contribution < 1.29 is 45.3 Å². The first-order chi connectivity index (χ1) is 13.9. The number of alkyl halides is 3. The van der Waals surface area contributed by atoms with Crippen LogP contribution in [0.3, 0.4) is 0 Å². The van der Waals surface area contributed by atoms with Gasteiger partial charge in [0.2, 0.25) is 0 Å². The molecule has 14 heteroatoms. The van der Waals surface area contributed by atoms with Gasteiger partial charge in [0.05, 0.1) is 23.1 Å². The second kappa shape index (κ2) is 10.6. The number of hydrogen-bond acceptors (Lipinski definition) is 5. The topological polar surface area (TPSA) is 102 Å². The minimum atomic E-state index is -4.91. The molecule has 0 saturated carbocycles. The number of carboxylic acid groups (broad SMARTS) is 2. The summed E-state index contributed by atoms with van der Waals surface area (Å²) in [5.74, 6) is -3.68. The Morgan fingerprint density at radius 1 is 0.781 bits per heavy atom. The fraction of sp³-hybridized carbons (Fsp3) is 0.778. The first kappa shape index (κ1) is 31.2. The molecule has 0 aliphatic heterocycles. The molecular weight excluding hydrogens is 498 g/mol. The standard InChI is InChI=1S/C18H37F3O7Si4/c1-11-14(15(17(24)25)13(16(22)23)12-18(19,20)21)32(26-29(2,3)4,27-30(5,6)7)28-31(8,9)10/h14H,11-12H2,1-10H3,(H,22,23)(H,24,25). The first-order valence-electron chi connectivity index (χ1n) is 10.3. The van der Waals surface area contributed by atoms with Crippen molar-refractivity contribution in [2.24, 2.45) is 0 Å². The maximum absolute atomic E-state index is 13.2. The quantitative estimate of drug-likeness (QED) is 0.245. The average molecular weight is 535 g/mol. The molecular formula is C18H37F3O7Si4. The summed E-state index contributed by atoms with van der Waals surface area (Å²) in [5.41, 5.74) is -3.33. The van der Waals surface area contributed by atoms with Crippen molar-refractivity contribution in [1.29, 1.82) is 0 Å². The number of rotatable bonds is 12. The molecule has 0 rings (SSSR count). The van der Waals surface area contributed by atoms with Gasteiger partial charge in [-0.2, -0.15) is 13.2 Å². The Morgan fingerprint density at radius 2 is 1.12 bits per heavy atom. The van der Waals surface area contributed by atoms with E-state index in [2.05, 4.69) is 0 Å². The summed E-state index contributed by atoms with van der Waals surface area (Å²) in [6.45, 7) is 18.2. The van der Waals surface area contributed by atoms with Gasteiger partial charge in [0.25, 0.3) is 0 Å². The zero-order chi connectivity index (χ0) is 25.9. The van der Waals surface area contributed by atoms with Crippen molar-refractivity contribution >= 4 is 45.7 Å². The molecule has 0 spiro atoms. The number of halogens is 3. The van der Waals surface area contributed by atoms with Gasteiger partial charge in [-0.05, 0) is 65.3 Å². The summed E-state index contributed by atoms with van der Waals surface area (Å²) >= 11 is 0. The maximum atomic E-state index is 13.2. The van der Waals surface area contributed by atoms with E-state index in [4.69, 9.17) is 12.3 Å². The van der Waals surface area contributed by atoms with Crippen LogP contribution in [0.15, 0.2) is 11.1 Å². The van der Waals surface area contributed by atoms with Gasteiger partial charge in [-0.15, -0.1) is 0 Å². The first-order valence-corrected chi connectivity index (χ1v) is 22.3. The van der Waals surface area contributed by atoms with Crippen LogP contribution in [0.1, 0.15) is 19.8 Å². The van der Waals surface area contributed by atoms with E-state index in [9.17, 15) is 33.0 Å². The Bertz CT molecular complexity index is 679. The van der Waals surface area contributed by atoms with Gasteiger partial charge in [0.15, 0.2) is 25.0 Å². The molecule has 188 valence electrons. The van der Waals surface area contributed by atoms with Gasteiger partial charge in [0.1, 0.15) is 0 Å². The molecule has 1 atom stereocenters. The summed E-state index contributed by atoms with van der Waals surface area (Å²) in [4.78, 5) is 24.1. The molecule has 0 aromatic carbocycles. The van der Waals surface area contributed by atoms with Crippen molar-refractivity contribution in [2.45, 2.75) is 90.4 Å². The third-order valence-corrected chi connectivity index (χ3v) is 16.0. The van der Waals surface area contributed by atoms with Gasteiger partial charge in [0, 0.05) is 0 Å². The van der Waals surface area contributed by atoms with E-state index in [0.29, 0.717) is 0 Å². The van der Waals surface area contributed by atoms with E-state index in [0.717, 1.165) is 0 Å². The molecule has 0 aliphatic rings. The van der Waals surface area contributed by atoms with Crippen LogP contribution in [0.5, 0.6) is 0 Å². The SMILES string of the molecule is CCC(C(C(=O)O)=C(CC(F)(F)F)C(=O)O)[Si](O[Si](C)(C)C)(O[Si](C)(C)C)O[Si](C)(C)C. The highest BCUT2D eigenvalue weighted by Crippen LogP contribution is 2.43. The highest BCUT2D eigenvalue weighted by molar-refractivity contribution is 6.91. The van der Waals surface area contributed by atoms with Crippen molar-refractivity contribution in [3.05, 3.63) is 11.1 Å². The molecule has 0 heterocycles. The molecule has 0 radical (unpaired) electrons. The van der Waals surface area contributed by atoms with Gasteiger partial charge >= 0.3 is 26.9 Å². The summed E-state index contributed by atoms with van der Waals surface area (Å²) in [5, 5.41) is 19.5. The Hall–Kier alpha value is -0.782. The van der Waals surface area contributed by atoms with Crippen molar-refractivity contribution in [2.75, 3.05) is 0 Å². The lowest BCUT2D eigenvalue weighted by molar-refractivity contribution is -0.144. The summed E-state index contributed by atoms with van der Waals surface area (Å²) in [6, 6.07) is 0. The fourth-order valence-corrected chi connectivity index (χ4v) is 17.9. The van der Waals surface area contributed by atoms with Gasteiger partial charge in [-0.3, -0.25) is 0 Å². The van der Waals surface area contributed by atoms with E-state index in [1.165, 1.54) is 0 Å². The monoisotopic (exact) mass is 534 g/mol. The van der Waals surface area contributed by atoms with E-state index in [-0.39, 0.29) is 6.42 Å². The molecule has 0 bridgehead atoms. The summed E-state index contributed by atoms with van der Waals surface area (Å²) in [7, 11) is -11.5. The number of aliphatic carboxylic acids is 2. The van der Waals surface area contributed by atoms with Crippen LogP contribution in [0.25, 0.3) is 0 Å². The van der Waals surface area contributed by atoms with Crippen LogP contribution in [-0.4, -0.2) is 62.1 Å². The zero-order valence-electron chi connectivity index (χ0n) is 20.6. The lowest BCUT2D eigenvalue weighted by Crippen LogP contribution is -2.63. The average Bonchev–Trinajstić information content (AvgIpc) is 2.43. The number of carboxylic acids is 2. The van der Waals surface area contributed by atoms with Crippen LogP contribution in [0.2, 0.25) is 64.5 Å². The molecule has 1 unspecified atom stereocenters. The normalized spacial score (nSPS) is 15.9. The molecule has 0 aliphatic carbocycles. The summed E-state index contributed by atoms with van der Waals surface area (Å²) in [6.07, 6.45) is -6.80. The summed E-state index contributed by atoms with van der Waals surface area (Å²) < 4.78 is 59.0. The molecule has 7 nitrogen and oxygen atoms in total. The van der Waals surface area contributed by atoms with E-state index >= 15 is 0 Å². The van der Waals surface area contributed by atoms with Gasteiger partial charge in [-0.1, -0.05) is 6.92 Å². The number of hydrogen-bond donors (Lipinski definition) is 2. The van der Waals surface area contributed by atoms with Crippen molar-refractivity contribution in [3.63, 3.8) is 0 Å². The van der Waals surface area contributed by atoms with E-state index in [1.54, 1.807) is 6.92 Å². The second-order valence-corrected chi connectivity index (χ2v) is 27.5. The van der Waals surface area contributed by atoms with E-state index in [1.807, 2.05) is 58.9 Å². The Kier molecular flexibility index (Phi) is 10.4. The van der Waals surface area contributed by atoms with Crippen LogP contribution < -0.4 is 0 Å². The Morgan fingerprint density at radius 3 is 1.31 bits per heavy atom. The van der Waals surface area contributed by atoms with Crippen LogP contribution >= 0.6 is 0 Å². The lowest BCUT2D eigenvalue weighted by Gasteiger charge is -2.46. The fourth-order valence-electron chi connectivity index (χ4n) is 3.16. The predicted molar refractivity (Wildman–Crippen MR) is 126 cm³/mol. The van der Waals surface area contributed by atoms with Gasteiger partial charge < -0.3 is 22.6 Å². The molecule has 0 aromatic heterocycles. The molecule has 32 heavy (non-hydrogen) atoms. The van der Waals surface area contributed by atoms with E-state index < -0.39 is 75.0 Å².